The molecule has 0 aliphatic carbocycles. The minimum Gasteiger partial charge on any atom is -0.342 e. The maximum Gasteiger partial charge on any atom is 0.233 e. The summed E-state index contributed by atoms with van der Waals surface area (Å²) in [6.07, 6.45) is 1.31. The summed E-state index contributed by atoms with van der Waals surface area (Å²) in [7, 11) is -3.60. The van der Waals surface area contributed by atoms with Crippen molar-refractivity contribution < 1.29 is 13.2 Å². The van der Waals surface area contributed by atoms with Crippen LogP contribution in [-0.2, 0) is 14.8 Å². The van der Waals surface area contributed by atoms with Crippen molar-refractivity contribution in [3.63, 3.8) is 0 Å². The Balaban J connectivity index is 1.92. The Morgan fingerprint density at radius 1 is 1.33 bits per heavy atom. The number of hydrogen-bond acceptors (Lipinski definition) is 4. The molecule has 0 aromatic heterocycles. The van der Waals surface area contributed by atoms with E-state index in [1.165, 1.54) is 0 Å². The molecule has 0 bridgehead atoms. The summed E-state index contributed by atoms with van der Waals surface area (Å²) in [5.41, 5.74) is 1.54. The number of carbonyl (C=O) groups is 1. The van der Waals surface area contributed by atoms with Crippen LogP contribution in [-0.4, -0.2) is 38.1 Å². The molecule has 0 radical (unpaired) electrons. The van der Waals surface area contributed by atoms with Crippen LogP contribution in [0.1, 0.15) is 25.3 Å². The third-order valence-electron chi connectivity index (χ3n) is 4.21. The first-order valence-electron chi connectivity index (χ1n) is 8.06. The van der Waals surface area contributed by atoms with Crippen molar-refractivity contribution in [3.8, 4) is 6.07 Å². The number of benzene rings is 1. The van der Waals surface area contributed by atoms with Crippen LogP contribution in [0.15, 0.2) is 24.3 Å². The highest BCUT2D eigenvalue weighted by molar-refractivity contribution is 7.92. The Morgan fingerprint density at radius 3 is 2.46 bits per heavy atom. The Bertz CT molecular complexity index is 714. The molecule has 1 N–H and O–H groups in total. The molecule has 6 nitrogen and oxygen atoms in total. The second kappa shape index (κ2) is 7.67. The number of sulfonamides is 1. The van der Waals surface area contributed by atoms with Gasteiger partial charge in [-0.25, -0.2) is 8.42 Å². The van der Waals surface area contributed by atoms with Gasteiger partial charge in [-0.2, -0.15) is 5.26 Å². The van der Waals surface area contributed by atoms with Gasteiger partial charge in [-0.05, 0) is 31.9 Å². The topological polar surface area (TPSA) is 90.3 Å². The highest BCUT2D eigenvalue weighted by Crippen LogP contribution is 2.19. The van der Waals surface area contributed by atoms with Gasteiger partial charge in [0.25, 0.3) is 0 Å². The normalized spacial score (nSPS) is 17.1. The second-order valence-corrected chi connectivity index (χ2v) is 8.15. The largest absolute Gasteiger partial charge is 0.342 e. The van der Waals surface area contributed by atoms with E-state index in [4.69, 9.17) is 5.26 Å². The molecular weight excluding hydrogens is 326 g/mol. The number of likely N-dealkylation sites (tertiary alicyclic amines) is 1. The summed E-state index contributed by atoms with van der Waals surface area (Å²) in [5, 5.41) is 8.89. The average Bonchev–Trinajstić information content (AvgIpc) is 2.55. The molecule has 1 amide bonds. The van der Waals surface area contributed by atoms with E-state index in [1.54, 1.807) is 24.0 Å². The molecule has 1 aliphatic rings. The number of anilines is 1. The number of aryl methyl sites for hydroxylation is 1. The van der Waals surface area contributed by atoms with E-state index in [2.05, 4.69) is 10.8 Å². The van der Waals surface area contributed by atoms with E-state index < -0.39 is 15.9 Å². The molecule has 2 rings (SSSR count). The maximum absolute atomic E-state index is 12.4. The Morgan fingerprint density at radius 2 is 1.92 bits per heavy atom. The third-order valence-corrected chi connectivity index (χ3v) is 5.69. The lowest BCUT2D eigenvalue weighted by atomic mass is 9.97. The lowest BCUT2D eigenvalue weighted by Gasteiger charge is -2.31. The average molecular weight is 349 g/mol. The van der Waals surface area contributed by atoms with Crippen LogP contribution in [0.5, 0.6) is 0 Å². The summed E-state index contributed by atoms with van der Waals surface area (Å²) in [6.45, 7) is 4.60. The number of amides is 1. The van der Waals surface area contributed by atoms with Crippen LogP contribution in [0.4, 0.5) is 5.69 Å². The smallest absolute Gasteiger partial charge is 0.233 e. The molecular formula is C17H23N3O3S. The minimum absolute atomic E-state index is 0.00343. The van der Waals surface area contributed by atoms with Crippen molar-refractivity contribution in [2.24, 2.45) is 11.8 Å². The minimum atomic E-state index is -3.60. The Kier molecular flexibility index (Phi) is 5.84. The number of nitrogens with zero attached hydrogens (tertiary/aromatic N) is 2. The fraction of sp³-hybridized carbons (Fsp3) is 0.529. The van der Waals surface area contributed by atoms with E-state index in [-0.39, 0.29) is 17.6 Å². The van der Waals surface area contributed by atoms with Gasteiger partial charge in [0.05, 0.1) is 17.7 Å². The van der Waals surface area contributed by atoms with Crippen molar-refractivity contribution >= 4 is 21.6 Å². The molecule has 1 saturated heterocycles. The quantitative estimate of drug-likeness (QED) is 0.882. The predicted molar refractivity (Wildman–Crippen MR) is 92.7 cm³/mol. The molecule has 1 aromatic carbocycles. The number of carbonyl (C=O) groups excluding carboxylic acids is 1. The molecule has 1 unspecified atom stereocenters. The molecule has 130 valence electrons. The van der Waals surface area contributed by atoms with Crippen LogP contribution in [0.25, 0.3) is 0 Å². The van der Waals surface area contributed by atoms with E-state index >= 15 is 0 Å². The zero-order valence-electron chi connectivity index (χ0n) is 14.0. The summed E-state index contributed by atoms with van der Waals surface area (Å²) >= 11 is 0. The molecule has 1 aromatic rings. The predicted octanol–water partition coefficient (Wildman–Crippen LogP) is 2.13. The van der Waals surface area contributed by atoms with Crippen molar-refractivity contribution in [1.29, 1.82) is 5.26 Å². The van der Waals surface area contributed by atoms with Gasteiger partial charge in [0.2, 0.25) is 15.9 Å². The second-order valence-electron chi connectivity index (χ2n) is 6.38. The van der Waals surface area contributed by atoms with Crippen LogP contribution in [0.2, 0.25) is 0 Å². The molecule has 0 saturated carbocycles. The van der Waals surface area contributed by atoms with Gasteiger partial charge in [-0.1, -0.05) is 24.6 Å². The molecule has 1 heterocycles. The monoisotopic (exact) mass is 349 g/mol. The first kappa shape index (κ1) is 18.3. The van der Waals surface area contributed by atoms with Gasteiger partial charge in [0, 0.05) is 24.7 Å². The van der Waals surface area contributed by atoms with Crippen LogP contribution < -0.4 is 4.72 Å². The SMILES string of the molecule is Cc1ccc(NS(=O)(=O)CC(C)C(=O)N2CCC(C#N)CC2)cc1. The van der Waals surface area contributed by atoms with Crippen molar-refractivity contribution in [2.75, 3.05) is 23.6 Å². The lowest BCUT2D eigenvalue weighted by molar-refractivity contribution is -0.135. The zero-order chi connectivity index (χ0) is 17.7. The van der Waals surface area contributed by atoms with E-state index in [9.17, 15) is 13.2 Å². The number of nitriles is 1. The number of nitrogens with one attached hydrogen (secondary N) is 1. The van der Waals surface area contributed by atoms with Gasteiger partial charge in [0.1, 0.15) is 0 Å². The first-order chi connectivity index (χ1) is 11.3. The summed E-state index contributed by atoms with van der Waals surface area (Å²) in [5.74, 6) is -1.04. The number of rotatable bonds is 5. The van der Waals surface area contributed by atoms with Crippen molar-refractivity contribution in [2.45, 2.75) is 26.7 Å². The molecule has 1 atom stereocenters. The van der Waals surface area contributed by atoms with Crippen LogP contribution in [0.3, 0.4) is 0 Å². The molecule has 0 spiro atoms. The highest BCUT2D eigenvalue weighted by atomic mass is 32.2. The van der Waals surface area contributed by atoms with Crippen LogP contribution in [0, 0.1) is 30.1 Å². The van der Waals surface area contributed by atoms with Crippen LogP contribution >= 0.6 is 0 Å². The molecule has 7 heteroatoms. The summed E-state index contributed by atoms with van der Waals surface area (Å²) in [4.78, 5) is 14.1. The standard InChI is InChI=1S/C17H23N3O3S/c1-13-3-5-16(6-4-13)19-24(22,23)12-14(2)17(21)20-9-7-15(11-18)8-10-20/h3-6,14-15,19H,7-10,12H2,1-2H3. The van der Waals surface area contributed by atoms with Gasteiger partial charge in [-0.3, -0.25) is 9.52 Å². The van der Waals surface area contributed by atoms with E-state index in [0.717, 1.165) is 5.56 Å². The molecule has 1 fully saturated rings. The zero-order valence-corrected chi connectivity index (χ0v) is 14.8. The van der Waals surface area contributed by atoms with Crippen molar-refractivity contribution in [1.82, 2.24) is 4.90 Å². The van der Waals surface area contributed by atoms with Crippen molar-refractivity contribution in [3.05, 3.63) is 29.8 Å². The summed E-state index contributed by atoms with van der Waals surface area (Å²) < 4.78 is 27.0. The van der Waals surface area contributed by atoms with Gasteiger partial charge < -0.3 is 4.90 Å². The number of hydrogen-bond donors (Lipinski definition) is 1. The summed E-state index contributed by atoms with van der Waals surface area (Å²) in [6, 6.07) is 9.27. The van der Waals surface area contributed by atoms with E-state index in [1.807, 2.05) is 19.1 Å². The van der Waals surface area contributed by atoms with E-state index in [0.29, 0.717) is 31.6 Å². The Hall–Kier alpha value is -2.07. The molecule has 24 heavy (non-hydrogen) atoms. The fourth-order valence-electron chi connectivity index (χ4n) is 2.78. The fourth-order valence-corrected chi connectivity index (χ4v) is 4.16. The third kappa shape index (κ3) is 4.96. The Labute approximate surface area is 143 Å². The highest BCUT2D eigenvalue weighted by Gasteiger charge is 2.28. The number of piperidine rings is 1. The van der Waals surface area contributed by atoms with Gasteiger partial charge in [-0.15, -0.1) is 0 Å². The first-order valence-corrected chi connectivity index (χ1v) is 9.71. The maximum atomic E-state index is 12.4. The van der Waals surface area contributed by atoms with Gasteiger partial charge in [0.15, 0.2) is 0 Å². The lowest BCUT2D eigenvalue weighted by Crippen LogP contribution is -2.43. The van der Waals surface area contributed by atoms with Gasteiger partial charge >= 0.3 is 0 Å². The molecule has 1 aliphatic heterocycles.